The summed E-state index contributed by atoms with van der Waals surface area (Å²) in [7, 11) is 0. The average Bonchev–Trinajstić information content (AvgIpc) is 2.18. The molecule has 0 unspecified atom stereocenters. The molecule has 0 amide bonds. The van der Waals surface area contributed by atoms with Crippen LogP contribution in [-0.2, 0) is 0 Å². The molecule has 0 heterocycles. The fourth-order valence-electron chi connectivity index (χ4n) is 1.54. The van der Waals surface area contributed by atoms with E-state index >= 15 is 0 Å². The molecule has 2 N–H and O–H groups in total. The van der Waals surface area contributed by atoms with Crippen LogP contribution in [0.1, 0.15) is 10.4 Å². The third-order valence-corrected chi connectivity index (χ3v) is 2.50. The number of carbonyl (C=O) groups is 1. The van der Waals surface area contributed by atoms with Crippen LogP contribution in [0.25, 0.3) is 10.8 Å². The molecule has 0 radical (unpaired) electrons. The molecule has 0 aliphatic heterocycles. The highest BCUT2D eigenvalue weighted by molar-refractivity contribution is 6.37. The van der Waals surface area contributed by atoms with Crippen molar-refractivity contribution in [1.82, 2.24) is 0 Å². The molecule has 2 aromatic carbocycles. The van der Waals surface area contributed by atoms with Crippen LogP contribution in [0, 0.1) is 0 Å². The highest BCUT2D eigenvalue weighted by atomic mass is 35.5. The van der Waals surface area contributed by atoms with Crippen LogP contribution in [0.15, 0.2) is 30.3 Å². The van der Waals surface area contributed by atoms with Crippen LogP contribution in [0.4, 0.5) is 0 Å². The monoisotopic (exact) mass is 222 g/mol. The predicted molar refractivity (Wildman–Crippen MR) is 57.6 cm³/mol. The summed E-state index contributed by atoms with van der Waals surface area (Å²) in [6.07, 6.45) is 0. The van der Waals surface area contributed by atoms with Gasteiger partial charge in [0.15, 0.2) is 0 Å². The van der Waals surface area contributed by atoms with Gasteiger partial charge in [-0.15, -0.1) is 0 Å². The number of hydrogen-bond acceptors (Lipinski definition) is 2. The van der Waals surface area contributed by atoms with Gasteiger partial charge in [0.05, 0.1) is 0 Å². The minimum absolute atomic E-state index is 0.155. The molecule has 2 aromatic rings. The normalized spacial score (nSPS) is 10.5. The molecule has 0 aliphatic carbocycles. The van der Waals surface area contributed by atoms with Gasteiger partial charge in [-0.2, -0.15) is 0 Å². The second kappa shape index (κ2) is 3.44. The first-order chi connectivity index (χ1) is 7.11. The number of carboxylic acids is 1. The Kier molecular flexibility index (Phi) is 2.25. The lowest BCUT2D eigenvalue weighted by molar-refractivity contribution is 0.0696. The molecular weight excluding hydrogens is 216 g/mol. The van der Waals surface area contributed by atoms with Gasteiger partial charge in [0.1, 0.15) is 11.3 Å². The smallest absolute Gasteiger partial charge is 0.340 e. The van der Waals surface area contributed by atoms with Crippen LogP contribution in [-0.4, -0.2) is 16.2 Å². The van der Waals surface area contributed by atoms with Crippen molar-refractivity contribution in [2.24, 2.45) is 0 Å². The molecule has 2 rings (SSSR count). The van der Waals surface area contributed by atoms with Gasteiger partial charge in [-0.05, 0) is 17.5 Å². The number of fused-ring (bicyclic) bond motifs is 1. The Hall–Kier alpha value is -1.74. The molecular formula is C11H7ClO3. The fraction of sp³-hybridized carbons (Fsp3) is 0. The van der Waals surface area contributed by atoms with Crippen LogP contribution >= 0.6 is 11.6 Å². The third-order valence-electron chi connectivity index (χ3n) is 2.19. The Morgan fingerprint density at radius 3 is 2.60 bits per heavy atom. The van der Waals surface area contributed by atoms with Gasteiger partial charge in [0.25, 0.3) is 0 Å². The summed E-state index contributed by atoms with van der Waals surface area (Å²) >= 11 is 5.90. The molecule has 0 fully saturated rings. The Bertz CT molecular complexity index is 549. The van der Waals surface area contributed by atoms with Crippen molar-refractivity contribution < 1.29 is 15.0 Å². The molecule has 0 aromatic heterocycles. The van der Waals surface area contributed by atoms with Crippen molar-refractivity contribution in [3.8, 4) is 5.75 Å². The van der Waals surface area contributed by atoms with Crippen molar-refractivity contribution in [2.75, 3.05) is 0 Å². The Morgan fingerprint density at radius 1 is 1.20 bits per heavy atom. The van der Waals surface area contributed by atoms with Gasteiger partial charge in [-0.3, -0.25) is 0 Å². The summed E-state index contributed by atoms with van der Waals surface area (Å²) in [4.78, 5) is 11.0. The average molecular weight is 223 g/mol. The molecule has 15 heavy (non-hydrogen) atoms. The van der Waals surface area contributed by atoms with E-state index in [2.05, 4.69) is 0 Å². The number of aromatic carboxylic acids is 1. The Labute approximate surface area is 90.5 Å². The lowest BCUT2D eigenvalue weighted by Crippen LogP contribution is -1.98. The summed E-state index contributed by atoms with van der Waals surface area (Å²) in [5, 5.41) is 19.8. The molecule has 0 aliphatic rings. The first-order valence-electron chi connectivity index (χ1n) is 4.25. The zero-order valence-corrected chi connectivity index (χ0v) is 8.32. The highest BCUT2D eigenvalue weighted by Gasteiger charge is 2.15. The number of aromatic hydroxyl groups is 1. The van der Waals surface area contributed by atoms with Crippen LogP contribution in [0.3, 0.4) is 0 Å². The van der Waals surface area contributed by atoms with E-state index in [1.807, 2.05) is 0 Å². The minimum Gasteiger partial charge on any atom is -0.507 e. The Morgan fingerprint density at radius 2 is 1.93 bits per heavy atom. The van der Waals surface area contributed by atoms with Crippen LogP contribution < -0.4 is 0 Å². The molecule has 3 nitrogen and oxygen atoms in total. The zero-order valence-electron chi connectivity index (χ0n) is 7.57. The topological polar surface area (TPSA) is 57.5 Å². The van der Waals surface area contributed by atoms with Gasteiger partial charge in [0, 0.05) is 10.4 Å². The third kappa shape index (κ3) is 1.51. The second-order valence-electron chi connectivity index (χ2n) is 3.10. The highest BCUT2D eigenvalue weighted by Crippen LogP contribution is 2.32. The first kappa shape index (κ1) is 9.80. The maximum Gasteiger partial charge on any atom is 0.340 e. The molecule has 76 valence electrons. The minimum atomic E-state index is -1.19. The number of benzene rings is 2. The lowest BCUT2D eigenvalue weighted by Gasteiger charge is -2.06. The van der Waals surface area contributed by atoms with Gasteiger partial charge in [-0.1, -0.05) is 29.8 Å². The van der Waals surface area contributed by atoms with Gasteiger partial charge in [-0.25, -0.2) is 4.79 Å². The van der Waals surface area contributed by atoms with E-state index in [0.717, 1.165) is 0 Å². The van der Waals surface area contributed by atoms with Crippen molar-refractivity contribution in [1.29, 1.82) is 0 Å². The van der Waals surface area contributed by atoms with Crippen molar-refractivity contribution in [3.05, 3.63) is 40.9 Å². The van der Waals surface area contributed by atoms with E-state index in [-0.39, 0.29) is 11.3 Å². The van der Waals surface area contributed by atoms with E-state index in [0.29, 0.717) is 15.8 Å². The summed E-state index contributed by atoms with van der Waals surface area (Å²) < 4.78 is 0. The predicted octanol–water partition coefficient (Wildman–Crippen LogP) is 2.90. The number of hydrogen-bond donors (Lipinski definition) is 2. The SMILES string of the molecule is O=C(O)c1c(O)ccc2cccc(Cl)c12. The number of phenols is 1. The largest absolute Gasteiger partial charge is 0.507 e. The fourth-order valence-corrected chi connectivity index (χ4v) is 1.82. The number of carboxylic acid groups (broad SMARTS) is 1. The van der Waals surface area contributed by atoms with E-state index in [4.69, 9.17) is 16.7 Å². The number of rotatable bonds is 1. The molecule has 4 heteroatoms. The standard InChI is InChI=1S/C11H7ClO3/c12-7-3-1-2-6-4-5-8(13)10(9(6)7)11(14)15/h1-5,13H,(H,14,15). The number of halogens is 1. The van der Waals surface area contributed by atoms with Gasteiger partial charge in [0.2, 0.25) is 0 Å². The van der Waals surface area contributed by atoms with Crippen molar-refractivity contribution >= 4 is 28.3 Å². The molecule has 0 spiro atoms. The summed E-state index contributed by atoms with van der Waals surface area (Å²) in [6.45, 7) is 0. The van der Waals surface area contributed by atoms with E-state index in [9.17, 15) is 9.90 Å². The first-order valence-corrected chi connectivity index (χ1v) is 4.62. The van der Waals surface area contributed by atoms with Gasteiger partial charge >= 0.3 is 5.97 Å². The summed E-state index contributed by atoms with van der Waals surface area (Å²) in [6, 6.07) is 8.04. The quantitative estimate of drug-likeness (QED) is 0.780. The maximum atomic E-state index is 11.0. The Balaban J connectivity index is 2.97. The molecule has 0 bridgehead atoms. The summed E-state index contributed by atoms with van der Waals surface area (Å²) in [5.74, 6) is -1.46. The van der Waals surface area contributed by atoms with Crippen molar-refractivity contribution in [3.63, 3.8) is 0 Å². The second-order valence-corrected chi connectivity index (χ2v) is 3.51. The maximum absolute atomic E-state index is 11.0. The molecule has 0 saturated heterocycles. The summed E-state index contributed by atoms with van der Waals surface area (Å²) in [5.41, 5.74) is -0.155. The lowest BCUT2D eigenvalue weighted by atomic mass is 10.0. The van der Waals surface area contributed by atoms with Crippen LogP contribution in [0.2, 0.25) is 5.02 Å². The van der Waals surface area contributed by atoms with E-state index < -0.39 is 5.97 Å². The van der Waals surface area contributed by atoms with Crippen molar-refractivity contribution in [2.45, 2.75) is 0 Å². The van der Waals surface area contributed by atoms with Crippen LogP contribution in [0.5, 0.6) is 5.75 Å². The van der Waals surface area contributed by atoms with E-state index in [1.165, 1.54) is 6.07 Å². The molecule has 0 atom stereocenters. The van der Waals surface area contributed by atoms with Gasteiger partial charge < -0.3 is 10.2 Å². The van der Waals surface area contributed by atoms with E-state index in [1.54, 1.807) is 24.3 Å². The molecule has 0 saturated carbocycles. The zero-order chi connectivity index (χ0) is 11.0.